The molecule has 1 aliphatic rings. The van der Waals surface area contributed by atoms with E-state index in [-0.39, 0.29) is 5.41 Å². The fourth-order valence-corrected chi connectivity index (χ4v) is 1.31. The van der Waals surface area contributed by atoms with E-state index in [1.807, 2.05) is 0 Å². The number of nitriles is 1. The number of methoxy groups -OCH3 is 1. The Balaban J connectivity index is 1.97. The highest BCUT2D eigenvalue weighted by Gasteiger charge is 2.42. The molecule has 0 bridgehead atoms. The van der Waals surface area contributed by atoms with E-state index in [0.29, 0.717) is 6.42 Å². The lowest BCUT2D eigenvalue weighted by Gasteiger charge is -2.10. The number of hydrogen-bond donors (Lipinski definition) is 0. The zero-order chi connectivity index (χ0) is 9.57. The Morgan fingerprint density at radius 1 is 1.38 bits per heavy atom. The first-order valence-electron chi connectivity index (χ1n) is 4.77. The minimum Gasteiger partial charge on any atom is -0.385 e. The lowest BCUT2D eigenvalue weighted by molar-refractivity contribution is 0.0726. The van der Waals surface area contributed by atoms with Gasteiger partial charge in [-0.3, -0.25) is 0 Å². The van der Waals surface area contributed by atoms with E-state index in [4.69, 9.17) is 14.7 Å². The molecule has 1 saturated carbocycles. The van der Waals surface area contributed by atoms with Gasteiger partial charge in [-0.2, -0.15) is 5.26 Å². The van der Waals surface area contributed by atoms with Crippen molar-refractivity contribution in [3.63, 3.8) is 0 Å². The van der Waals surface area contributed by atoms with Gasteiger partial charge in [0.2, 0.25) is 0 Å². The molecule has 0 aromatic rings. The maximum absolute atomic E-state index is 8.56. The average molecular weight is 183 g/mol. The molecule has 1 rings (SSSR count). The molecule has 0 aromatic heterocycles. The van der Waals surface area contributed by atoms with E-state index in [2.05, 4.69) is 6.07 Å². The van der Waals surface area contributed by atoms with Crippen molar-refractivity contribution < 1.29 is 9.47 Å². The molecule has 3 heteroatoms. The molecule has 0 atom stereocenters. The van der Waals surface area contributed by atoms with Crippen molar-refractivity contribution in [2.24, 2.45) is 5.41 Å². The topological polar surface area (TPSA) is 42.2 Å². The van der Waals surface area contributed by atoms with Crippen LogP contribution in [0.1, 0.15) is 25.7 Å². The maximum Gasteiger partial charge on any atom is 0.0628 e. The van der Waals surface area contributed by atoms with E-state index >= 15 is 0 Å². The molecule has 13 heavy (non-hydrogen) atoms. The molecular formula is C10H17NO2. The van der Waals surface area contributed by atoms with Crippen LogP contribution >= 0.6 is 0 Å². The zero-order valence-corrected chi connectivity index (χ0v) is 8.21. The summed E-state index contributed by atoms with van der Waals surface area (Å²) < 4.78 is 10.4. The predicted molar refractivity (Wildman–Crippen MR) is 49.2 cm³/mol. The van der Waals surface area contributed by atoms with E-state index < -0.39 is 0 Å². The van der Waals surface area contributed by atoms with Crippen LogP contribution in [0.3, 0.4) is 0 Å². The van der Waals surface area contributed by atoms with Gasteiger partial charge in [0.1, 0.15) is 0 Å². The Hall–Kier alpha value is -0.590. The fraction of sp³-hybridized carbons (Fsp3) is 0.900. The minimum atomic E-state index is 0.224. The third-order valence-corrected chi connectivity index (χ3v) is 2.46. The molecule has 0 aliphatic heterocycles. The Morgan fingerprint density at radius 3 is 2.69 bits per heavy atom. The van der Waals surface area contributed by atoms with Gasteiger partial charge in [0.15, 0.2) is 0 Å². The molecule has 0 saturated heterocycles. The van der Waals surface area contributed by atoms with Gasteiger partial charge in [-0.15, -0.1) is 0 Å². The smallest absolute Gasteiger partial charge is 0.0628 e. The highest BCUT2D eigenvalue weighted by atomic mass is 16.5. The minimum absolute atomic E-state index is 0.224. The molecular weight excluding hydrogens is 166 g/mol. The third kappa shape index (κ3) is 3.75. The third-order valence-electron chi connectivity index (χ3n) is 2.46. The van der Waals surface area contributed by atoms with E-state index in [1.165, 1.54) is 0 Å². The summed E-state index contributed by atoms with van der Waals surface area (Å²) in [6, 6.07) is 2.22. The number of nitrogens with zero attached hydrogens (tertiary/aromatic N) is 1. The predicted octanol–water partition coefficient (Wildman–Crippen LogP) is 1.73. The normalized spacial score (nSPS) is 18.2. The number of hydrogen-bond acceptors (Lipinski definition) is 3. The van der Waals surface area contributed by atoms with Crippen molar-refractivity contribution in [2.75, 3.05) is 26.9 Å². The van der Waals surface area contributed by atoms with Crippen molar-refractivity contribution in [1.82, 2.24) is 0 Å². The Labute approximate surface area is 79.6 Å². The molecule has 1 aliphatic carbocycles. The Kier molecular flexibility index (Phi) is 4.20. The molecule has 0 amide bonds. The van der Waals surface area contributed by atoms with E-state index in [0.717, 1.165) is 39.1 Å². The zero-order valence-electron chi connectivity index (χ0n) is 8.21. The Bertz CT molecular complexity index is 182. The second-order valence-corrected chi connectivity index (χ2v) is 3.73. The van der Waals surface area contributed by atoms with Crippen LogP contribution in [0.4, 0.5) is 0 Å². The quantitative estimate of drug-likeness (QED) is 0.564. The van der Waals surface area contributed by atoms with Crippen LogP contribution in [-0.2, 0) is 9.47 Å². The second kappa shape index (κ2) is 5.21. The second-order valence-electron chi connectivity index (χ2n) is 3.73. The molecule has 0 aromatic carbocycles. The summed E-state index contributed by atoms with van der Waals surface area (Å²) in [5, 5.41) is 8.56. The van der Waals surface area contributed by atoms with Gasteiger partial charge < -0.3 is 9.47 Å². The molecule has 0 radical (unpaired) electrons. The lowest BCUT2D eigenvalue weighted by atomic mass is 10.1. The van der Waals surface area contributed by atoms with Crippen LogP contribution in [-0.4, -0.2) is 26.9 Å². The highest BCUT2D eigenvalue weighted by Crippen LogP contribution is 2.48. The molecule has 0 spiro atoms. The summed E-state index contributed by atoms with van der Waals surface area (Å²) in [4.78, 5) is 0. The Morgan fingerprint density at radius 2 is 2.15 bits per heavy atom. The van der Waals surface area contributed by atoms with Crippen LogP contribution in [0.2, 0.25) is 0 Å². The van der Waals surface area contributed by atoms with Gasteiger partial charge in [0, 0.05) is 32.2 Å². The van der Waals surface area contributed by atoms with Gasteiger partial charge >= 0.3 is 0 Å². The van der Waals surface area contributed by atoms with Gasteiger partial charge in [0.05, 0.1) is 12.7 Å². The van der Waals surface area contributed by atoms with Crippen LogP contribution in [0.5, 0.6) is 0 Å². The monoisotopic (exact) mass is 183 g/mol. The lowest BCUT2D eigenvalue weighted by Crippen LogP contribution is -2.11. The first-order chi connectivity index (χ1) is 6.33. The van der Waals surface area contributed by atoms with Gasteiger partial charge in [0.25, 0.3) is 0 Å². The summed E-state index contributed by atoms with van der Waals surface area (Å²) in [6.07, 6.45) is 3.91. The van der Waals surface area contributed by atoms with Crippen LogP contribution < -0.4 is 0 Å². The van der Waals surface area contributed by atoms with Crippen molar-refractivity contribution in [3.05, 3.63) is 0 Å². The van der Waals surface area contributed by atoms with Crippen LogP contribution in [0.15, 0.2) is 0 Å². The summed E-state index contributed by atoms with van der Waals surface area (Å²) in [6.45, 7) is 2.26. The standard InChI is InChI=1S/C10H17NO2/c1-12-7-2-8-13-9-10(3-4-10)5-6-11/h2-5,7-9H2,1H3. The van der Waals surface area contributed by atoms with Gasteiger partial charge in [-0.1, -0.05) is 0 Å². The van der Waals surface area contributed by atoms with Crippen molar-refractivity contribution in [3.8, 4) is 6.07 Å². The van der Waals surface area contributed by atoms with Crippen LogP contribution in [0.25, 0.3) is 0 Å². The van der Waals surface area contributed by atoms with Gasteiger partial charge in [-0.05, 0) is 19.3 Å². The first kappa shape index (κ1) is 10.5. The molecule has 74 valence electrons. The highest BCUT2D eigenvalue weighted by molar-refractivity contribution is 4.99. The number of rotatable bonds is 7. The summed E-state index contributed by atoms with van der Waals surface area (Å²) in [5.41, 5.74) is 0.224. The SMILES string of the molecule is COCCCOCC1(CC#N)CC1. The largest absolute Gasteiger partial charge is 0.385 e. The average Bonchev–Trinajstić information content (AvgIpc) is 2.86. The van der Waals surface area contributed by atoms with Gasteiger partial charge in [-0.25, -0.2) is 0 Å². The van der Waals surface area contributed by atoms with Crippen LogP contribution in [0, 0.1) is 16.7 Å². The van der Waals surface area contributed by atoms with E-state index in [9.17, 15) is 0 Å². The molecule has 0 N–H and O–H groups in total. The molecule has 0 heterocycles. The molecule has 0 unspecified atom stereocenters. The maximum atomic E-state index is 8.56. The van der Waals surface area contributed by atoms with Crippen molar-refractivity contribution in [1.29, 1.82) is 5.26 Å². The summed E-state index contributed by atoms with van der Waals surface area (Å²) in [7, 11) is 1.69. The molecule has 3 nitrogen and oxygen atoms in total. The van der Waals surface area contributed by atoms with Crippen molar-refractivity contribution >= 4 is 0 Å². The summed E-state index contributed by atoms with van der Waals surface area (Å²) >= 11 is 0. The molecule has 1 fully saturated rings. The first-order valence-corrected chi connectivity index (χ1v) is 4.77. The van der Waals surface area contributed by atoms with E-state index in [1.54, 1.807) is 7.11 Å². The number of ether oxygens (including phenoxy) is 2. The van der Waals surface area contributed by atoms with Crippen molar-refractivity contribution in [2.45, 2.75) is 25.7 Å². The fourth-order valence-electron chi connectivity index (χ4n) is 1.31. The summed E-state index contributed by atoms with van der Waals surface area (Å²) in [5.74, 6) is 0.